The van der Waals surface area contributed by atoms with Crippen molar-refractivity contribution < 1.29 is 42.1 Å². The fraction of sp³-hybridized carbons (Fsp3) is 0.543. The molecule has 0 aliphatic carbocycles. The third kappa shape index (κ3) is 62.3. The molecule has 448 valence electrons. The average molecular weight is 1130 g/mol. The Morgan fingerprint density at radius 1 is 0.388 bits per heavy atom. The number of hydrogen-bond acceptors (Lipinski definition) is 7. The first-order valence-electron chi connectivity index (χ1n) is 30.5. The topological polar surface area (TPSA) is 108 Å². The number of unbranched alkanes of at least 4 members (excludes halogenated alkanes) is 9. The Labute approximate surface area is 489 Å². The first-order chi connectivity index (χ1) is 39.0. The number of esters is 2. The molecule has 0 spiro atoms. The van der Waals surface area contributed by atoms with Crippen LogP contribution in [0.3, 0.4) is 0 Å². The number of carbonyl (C=O) groups excluding carboxylic acids is 2. The monoisotopic (exact) mass is 1120 g/mol. The van der Waals surface area contributed by atoms with Crippen molar-refractivity contribution >= 4 is 19.8 Å². The van der Waals surface area contributed by atoms with Crippen LogP contribution in [0.2, 0.25) is 0 Å². The van der Waals surface area contributed by atoms with E-state index in [0.717, 1.165) is 154 Å². The Balaban J connectivity index is 4.30. The van der Waals surface area contributed by atoms with Gasteiger partial charge in [-0.25, -0.2) is 4.57 Å². The summed E-state index contributed by atoms with van der Waals surface area (Å²) in [6.45, 7) is 4.11. The lowest BCUT2D eigenvalue weighted by molar-refractivity contribution is -0.870. The van der Waals surface area contributed by atoms with Gasteiger partial charge in [0.1, 0.15) is 19.8 Å². The molecule has 0 aromatic rings. The van der Waals surface area contributed by atoms with Crippen molar-refractivity contribution in [3.05, 3.63) is 182 Å². The van der Waals surface area contributed by atoms with E-state index in [1.807, 2.05) is 21.1 Å². The van der Waals surface area contributed by atoms with Crippen LogP contribution in [0.1, 0.15) is 194 Å². The second-order valence-electron chi connectivity index (χ2n) is 20.6. The van der Waals surface area contributed by atoms with Gasteiger partial charge < -0.3 is 18.9 Å². The number of quaternary nitrogens is 1. The highest BCUT2D eigenvalue weighted by atomic mass is 31.2. The average Bonchev–Trinajstić information content (AvgIpc) is 3.42. The molecule has 2 atom stereocenters. The molecule has 0 radical (unpaired) electrons. The summed E-state index contributed by atoms with van der Waals surface area (Å²) in [4.78, 5) is 35.7. The lowest BCUT2D eigenvalue weighted by Gasteiger charge is -2.24. The van der Waals surface area contributed by atoms with Gasteiger partial charge in [0.25, 0.3) is 0 Å². The summed E-state index contributed by atoms with van der Waals surface area (Å²) < 4.78 is 34.5. The molecular formula is C70H111NO8P+. The molecule has 0 fully saturated rings. The molecule has 1 N–H and O–H groups in total. The first kappa shape index (κ1) is 75.1. The number of phosphoric ester groups is 1. The standard InChI is InChI=1S/C70H110NO8P/c1-6-8-10-12-14-16-18-20-22-24-26-28-29-30-31-32-33-34-35-36-37-38-39-40-41-43-45-47-49-51-53-55-57-59-61-63-70(73)79-68(67-78-80(74,75)77-65-64-71(3,4)5)66-76-69(72)62-60-58-56-54-52-50-48-46-44-42-27-25-23-21-19-17-15-13-11-9-7-2/h8-11,14-17,20-23,26-28,30-31,33-34,36-37,39-40,42-43,45-46,48-49,51,68H,6-7,12-13,18-19,24-25,29,32,35,38,41,44,47,50,52-67H2,1-5H3/p+1/b10-8-,11-9-,16-14-,17-15-,22-20-,23-21-,28-26-,31-30-,34-33-,37-36-,40-39-,42-27-,45-43-,48-46-,51-49-. The van der Waals surface area contributed by atoms with Gasteiger partial charge in [-0.15, -0.1) is 0 Å². The molecule has 0 saturated carbocycles. The molecule has 0 bridgehead atoms. The number of carbonyl (C=O) groups is 2. The van der Waals surface area contributed by atoms with Gasteiger partial charge in [-0.1, -0.05) is 228 Å². The van der Waals surface area contributed by atoms with E-state index in [2.05, 4.69) is 196 Å². The predicted octanol–water partition coefficient (Wildman–Crippen LogP) is 19.6. The maximum Gasteiger partial charge on any atom is 0.472 e. The van der Waals surface area contributed by atoms with Crippen LogP contribution in [0.4, 0.5) is 0 Å². The maximum atomic E-state index is 12.8. The van der Waals surface area contributed by atoms with Gasteiger partial charge in [-0.3, -0.25) is 18.6 Å². The largest absolute Gasteiger partial charge is 0.472 e. The quantitative estimate of drug-likeness (QED) is 0.0211. The number of ether oxygens (including phenoxy) is 2. The summed E-state index contributed by atoms with van der Waals surface area (Å²) in [6, 6.07) is 0. The molecule has 0 heterocycles. The van der Waals surface area contributed by atoms with Crippen LogP contribution >= 0.6 is 7.82 Å². The summed E-state index contributed by atoms with van der Waals surface area (Å²) >= 11 is 0. The van der Waals surface area contributed by atoms with Gasteiger partial charge >= 0.3 is 19.8 Å². The molecule has 0 aliphatic rings. The highest BCUT2D eigenvalue weighted by molar-refractivity contribution is 7.47. The lowest BCUT2D eigenvalue weighted by Crippen LogP contribution is -2.37. The molecule has 9 nitrogen and oxygen atoms in total. The molecule has 80 heavy (non-hydrogen) atoms. The van der Waals surface area contributed by atoms with Gasteiger partial charge in [-0.2, -0.15) is 0 Å². The van der Waals surface area contributed by atoms with Crippen LogP contribution in [0.15, 0.2) is 182 Å². The van der Waals surface area contributed by atoms with Crippen LogP contribution in [0.5, 0.6) is 0 Å². The van der Waals surface area contributed by atoms with E-state index in [1.165, 1.54) is 0 Å². The fourth-order valence-corrected chi connectivity index (χ4v) is 8.04. The van der Waals surface area contributed by atoms with Gasteiger partial charge in [0.2, 0.25) is 0 Å². The normalized spacial score (nSPS) is 14.5. The van der Waals surface area contributed by atoms with E-state index in [1.54, 1.807) is 0 Å². The summed E-state index contributed by atoms with van der Waals surface area (Å²) in [6.07, 6.45) is 91.1. The van der Waals surface area contributed by atoms with E-state index in [-0.39, 0.29) is 26.1 Å². The van der Waals surface area contributed by atoms with E-state index in [0.29, 0.717) is 23.9 Å². The summed E-state index contributed by atoms with van der Waals surface area (Å²) in [5, 5.41) is 0. The highest BCUT2D eigenvalue weighted by Crippen LogP contribution is 2.43. The Bertz CT molecular complexity index is 2000. The molecule has 0 saturated heterocycles. The Hall–Kier alpha value is -4.89. The van der Waals surface area contributed by atoms with Crippen molar-refractivity contribution in [3.8, 4) is 0 Å². The zero-order valence-corrected chi connectivity index (χ0v) is 51.6. The number of nitrogens with zero attached hydrogens (tertiary/aromatic N) is 1. The Morgan fingerprint density at radius 3 is 1.00 bits per heavy atom. The van der Waals surface area contributed by atoms with Crippen LogP contribution < -0.4 is 0 Å². The van der Waals surface area contributed by atoms with Crippen molar-refractivity contribution in [2.75, 3.05) is 47.5 Å². The van der Waals surface area contributed by atoms with Crippen molar-refractivity contribution in [1.29, 1.82) is 0 Å². The third-order valence-electron chi connectivity index (χ3n) is 11.9. The van der Waals surface area contributed by atoms with Gasteiger partial charge in [0, 0.05) is 12.8 Å². The molecular weight excluding hydrogens is 1010 g/mol. The zero-order valence-electron chi connectivity index (χ0n) is 50.7. The number of allylic oxidation sites excluding steroid dienone is 30. The van der Waals surface area contributed by atoms with Crippen molar-refractivity contribution in [2.24, 2.45) is 0 Å². The minimum absolute atomic E-state index is 0.0115. The van der Waals surface area contributed by atoms with Gasteiger partial charge in [0.15, 0.2) is 6.10 Å². The predicted molar refractivity (Wildman–Crippen MR) is 343 cm³/mol. The molecule has 0 aromatic carbocycles. The highest BCUT2D eigenvalue weighted by Gasteiger charge is 2.27. The molecule has 0 aromatic heterocycles. The lowest BCUT2D eigenvalue weighted by atomic mass is 10.1. The number of likely N-dealkylation sites (N-methyl/N-ethyl adjacent to an activating group) is 1. The van der Waals surface area contributed by atoms with Crippen LogP contribution in [0.25, 0.3) is 0 Å². The SMILES string of the molecule is CC/C=C\C/C=C\C/C=C\C/C=C\C/C=C\C/C=C\C/C=C\C/C=C\C/C=C\C/C=C\CCCCCCC(=O)OC(COC(=O)CCCCCCC/C=C\C/C=C\C/C=C\C/C=C\C/C=C\CC)COP(=O)(O)OCC[N+](C)(C)C. The minimum atomic E-state index is -4.42. The molecule has 0 aliphatic heterocycles. The van der Waals surface area contributed by atoms with Crippen LogP contribution in [-0.4, -0.2) is 74.9 Å². The zero-order chi connectivity index (χ0) is 58.4. The third-order valence-corrected chi connectivity index (χ3v) is 12.9. The second kappa shape index (κ2) is 58.8. The van der Waals surface area contributed by atoms with Crippen molar-refractivity contribution in [1.82, 2.24) is 0 Å². The maximum absolute atomic E-state index is 12.8. The summed E-state index contributed by atoms with van der Waals surface area (Å²) in [7, 11) is 1.41. The number of rotatable bonds is 53. The second-order valence-corrected chi connectivity index (χ2v) is 22.1. The number of hydrogen-bond donors (Lipinski definition) is 1. The summed E-state index contributed by atoms with van der Waals surface area (Å²) in [5.74, 6) is -0.866. The minimum Gasteiger partial charge on any atom is -0.462 e. The molecule has 2 unspecified atom stereocenters. The van der Waals surface area contributed by atoms with Gasteiger partial charge in [-0.05, 0) is 135 Å². The molecule has 0 rings (SSSR count). The van der Waals surface area contributed by atoms with E-state index in [9.17, 15) is 19.0 Å². The number of phosphoric acid groups is 1. The van der Waals surface area contributed by atoms with Gasteiger partial charge in [0.05, 0.1) is 27.7 Å². The Morgan fingerprint density at radius 2 is 0.675 bits per heavy atom. The van der Waals surface area contributed by atoms with Crippen LogP contribution in [0, 0.1) is 0 Å². The fourth-order valence-electron chi connectivity index (χ4n) is 7.30. The summed E-state index contributed by atoms with van der Waals surface area (Å²) in [5.41, 5.74) is 0. The van der Waals surface area contributed by atoms with E-state index >= 15 is 0 Å². The smallest absolute Gasteiger partial charge is 0.462 e. The Kier molecular flexibility index (Phi) is 55.2. The molecule has 10 heteroatoms. The van der Waals surface area contributed by atoms with E-state index in [4.69, 9.17) is 18.5 Å². The van der Waals surface area contributed by atoms with Crippen molar-refractivity contribution in [3.63, 3.8) is 0 Å². The first-order valence-corrected chi connectivity index (χ1v) is 32.0. The van der Waals surface area contributed by atoms with Crippen LogP contribution in [-0.2, 0) is 32.7 Å². The van der Waals surface area contributed by atoms with Crippen molar-refractivity contribution in [2.45, 2.75) is 200 Å². The van der Waals surface area contributed by atoms with E-state index < -0.39 is 32.5 Å². The molecule has 0 amide bonds.